The van der Waals surface area contributed by atoms with Gasteiger partial charge in [-0.05, 0) is 95.8 Å². The van der Waals surface area contributed by atoms with Gasteiger partial charge in [-0.25, -0.2) is 13.4 Å². The molecule has 1 aliphatic carbocycles. The molecule has 3 unspecified atom stereocenters. The summed E-state index contributed by atoms with van der Waals surface area (Å²) in [5.41, 5.74) is 2.02. The molecule has 4 aromatic carbocycles. The number of aliphatic hydroxyl groups excluding tert-OH is 1. The number of carbonyl (C=O) groups is 2. The largest absolute Gasteiger partial charge is 0.467 e. The lowest BCUT2D eigenvalue weighted by molar-refractivity contribution is -0.143. The Morgan fingerprint density at radius 2 is 1.60 bits per heavy atom. The van der Waals surface area contributed by atoms with E-state index in [9.17, 15) is 36.5 Å². The van der Waals surface area contributed by atoms with Crippen LogP contribution in [0.4, 0.5) is 23.2 Å². The van der Waals surface area contributed by atoms with E-state index in [1.54, 1.807) is 43.3 Å². The topological polar surface area (TPSA) is 95.9 Å². The van der Waals surface area contributed by atoms with Crippen LogP contribution in [-0.4, -0.2) is 51.7 Å². The summed E-state index contributed by atoms with van der Waals surface area (Å²) in [5.74, 6) is -2.06. The van der Waals surface area contributed by atoms with Crippen molar-refractivity contribution < 1.29 is 41.2 Å². The second-order valence-corrected chi connectivity index (χ2v) is 15.4. The van der Waals surface area contributed by atoms with Crippen LogP contribution in [0.1, 0.15) is 47.7 Å². The minimum Gasteiger partial charge on any atom is -0.467 e. The summed E-state index contributed by atoms with van der Waals surface area (Å²) in [6.07, 6.45) is 1.14. The summed E-state index contributed by atoms with van der Waals surface area (Å²) in [4.78, 5) is 27.3. The number of nitrogens with one attached hydrogen (secondary N) is 1. The molecule has 3 atom stereocenters. The SMILES string of the molecule is CC=S(=O)(C1CC=CCC1)N(CO)c1ccc(-c2ccc(C(F)(F)F)cc2)cc1C(=O)NC(Cc1ccc(-c2ccc(F)c(Cl)c2)cc1)C(=O)OC. The first-order valence-corrected chi connectivity index (χ1v) is 18.4. The first-order chi connectivity index (χ1) is 24.8. The summed E-state index contributed by atoms with van der Waals surface area (Å²) in [6, 6.07) is 19.1. The van der Waals surface area contributed by atoms with Crippen molar-refractivity contribution in [3.63, 3.8) is 0 Å². The highest BCUT2D eigenvalue weighted by Crippen LogP contribution is 2.35. The second-order valence-electron chi connectivity index (χ2n) is 12.2. The molecule has 7 nitrogen and oxygen atoms in total. The number of anilines is 1. The number of allylic oxidation sites excluding steroid dienone is 2. The number of hydrogen-bond acceptors (Lipinski definition) is 5. The summed E-state index contributed by atoms with van der Waals surface area (Å²) in [5, 5.41) is 14.5. The molecular formula is C39H37ClF4N2O5S. The van der Waals surface area contributed by atoms with E-state index < -0.39 is 51.9 Å². The van der Waals surface area contributed by atoms with E-state index in [4.69, 9.17) is 16.3 Å². The van der Waals surface area contributed by atoms with E-state index >= 15 is 0 Å². The van der Waals surface area contributed by atoms with Gasteiger partial charge in [0.25, 0.3) is 5.91 Å². The molecule has 0 radical (unpaired) electrons. The Kier molecular flexibility index (Phi) is 12.1. The summed E-state index contributed by atoms with van der Waals surface area (Å²) in [7, 11) is -1.90. The second kappa shape index (κ2) is 16.4. The van der Waals surface area contributed by atoms with E-state index in [0.29, 0.717) is 41.5 Å². The highest BCUT2D eigenvalue weighted by atomic mass is 35.5. The lowest BCUT2D eigenvalue weighted by Gasteiger charge is -2.35. The molecule has 1 amide bonds. The molecule has 0 spiro atoms. The van der Waals surface area contributed by atoms with Crippen LogP contribution in [0.25, 0.3) is 22.3 Å². The number of methoxy groups -OCH3 is 1. The first-order valence-electron chi connectivity index (χ1n) is 16.4. The van der Waals surface area contributed by atoms with Gasteiger partial charge in [-0.1, -0.05) is 72.3 Å². The molecule has 5 rings (SSSR count). The van der Waals surface area contributed by atoms with Crippen molar-refractivity contribution in [2.75, 3.05) is 18.1 Å². The summed E-state index contributed by atoms with van der Waals surface area (Å²) >= 11 is 5.95. The van der Waals surface area contributed by atoms with E-state index in [1.807, 2.05) is 12.2 Å². The normalized spacial score (nSPS) is 16.0. The van der Waals surface area contributed by atoms with Crippen molar-refractivity contribution in [3.05, 3.63) is 125 Å². The zero-order chi connectivity index (χ0) is 37.6. The number of hydrogen-bond donors (Lipinski definition) is 2. The van der Waals surface area contributed by atoms with Crippen LogP contribution in [0.3, 0.4) is 0 Å². The van der Waals surface area contributed by atoms with Crippen molar-refractivity contribution in [1.82, 2.24) is 5.32 Å². The van der Waals surface area contributed by atoms with E-state index in [2.05, 4.69) is 5.32 Å². The van der Waals surface area contributed by atoms with Crippen molar-refractivity contribution in [3.8, 4) is 22.3 Å². The fourth-order valence-electron chi connectivity index (χ4n) is 6.18. The number of ether oxygens (including phenoxy) is 1. The molecule has 0 saturated carbocycles. The van der Waals surface area contributed by atoms with Crippen LogP contribution in [0.5, 0.6) is 0 Å². The highest BCUT2D eigenvalue weighted by Gasteiger charge is 2.33. The van der Waals surface area contributed by atoms with Crippen LogP contribution in [0.2, 0.25) is 5.02 Å². The summed E-state index contributed by atoms with van der Waals surface area (Å²) < 4.78 is 74.5. The van der Waals surface area contributed by atoms with Gasteiger partial charge in [0, 0.05) is 11.7 Å². The average Bonchev–Trinajstić information content (AvgIpc) is 3.15. The molecule has 0 aromatic heterocycles. The highest BCUT2D eigenvalue weighted by molar-refractivity contribution is 8.03. The molecule has 274 valence electrons. The third-order valence-electron chi connectivity index (χ3n) is 9.00. The minimum absolute atomic E-state index is 0.00833. The van der Waals surface area contributed by atoms with Crippen LogP contribution in [0, 0.1) is 5.82 Å². The monoisotopic (exact) mass is 756 g/mol. The third kappa shape index (κ3) is 8.52. The molecule has 0 aliphatic heterocycles. The van der Waals surface area contributed by atoms with E-state index in [-0.39, 0.29) is 27.9 Å². The van der Waals surface area contributed by atoms with Crippen molar-refractivity contribution in [1.29, 1.82) is 0 Å². The van der Waals surface area contributed by atoms with Gasteiger partial charge < -0.3 is 15.2 Å². The van der Waals surface area contributed by atoms with Gasteiger partial charge >= 0.3 is 12.1 Å². The predicted molar refractivity (Wildman–Crippen MR) is 197 cm³/mol. The number of aliphatic hydroxyl groups is 1. The van der Waals surface area contributed by atoms with Crippen LogP contribution in [0.15, 0.2) is 97.1 Å². The van der Waals surface area contributed by atoms with Crippen molar-refractivity contribution in [2.24, 2.45) is 0 Å². The zero-order valence-corrected chi connectivity index (χ0v) is 29.9. The number of benzene rings is 4. The number of carbonyl (C=O) groups excluding carboxylic acids is 2. The maximum atomic E-state index is 14.6. The van der Waals surface area contributed by atoms with Crippen LogP contribution in [-0.2, 0) is 31.8 Å². The van der Waals surface area contributed by atoms with Gasteiger partial charge in [-0.2, -0.15) is 13.2 Å². The molecular weight excluding hydrogens is 720 g/mol. The molecule has 1 aliphatic rings. The van der Waals surface area contributed by atoms with Crippen molar-refractivity contribution >= 4 is 44.2 Å². The quantitative estimate of drug-likeness (QED) is 0.0529. The lowest BCUT2D eigenvalue weighted by atomic mass is 9.99. The van der Waals surface area contributed by atoms with Gasteiger partial charge in [0.15, 0.2) is 0 Å². The van der Waals surface area contributed by atoms with Crippen molar-refractivity contribution in [2.45, 2.75) is 50.1 Å². The maximum absolute atomic E-state index is 14.6. The molecule has 52 heavy (non-hydrogen) atoms. The number of alkyl halides is 3. The molecule has 13 heteroatoms. The third-order valence-corrected chi connectivity index (χ3v) is 12.4. The average molecular weight is 757 g/mol. The summed E-state index contributed by atoms with van der Waals surface area (Å²) in [6.45, 7) is 0.915. The van der Waals surface area contributed by atoms with Gasteiger partial charge in [-0.15, -0.1) is 0 Å². The fourth-order valence-corrected chi connectivity index (χ4v) is 8.86. The minimum atomic E-state index is -4.54. The van der Waals surface area contributed by atoms with Crippen LogP contribution >= 0.6 is 11.6 Å². The molecule has 0 saturated heterocycles. The fraction of sp³-hybridized carbons (Fsp3) is 0.256. The number of amides is 1. The first kappa shape index (κ1) is 38.6. The molecule has 0 heterocycles. The van der Waals surface area contributed by atoms with Gasteiger partial charge in [0.05, 0.1) is 38.7 Å². The van der Waals surface area contributed by atoms with Crippen LogP contribution < -0.4 is 9.62 Å². The number of nitrogens with zero attached hydrogens (tertiary/aromatic N) is 1. The Morgan fingerprint density at radius 3 is 2.15 bits per heavy atom. The molecule has 0 bridgehead atoms. The Bertz CT molecular complexity index is 2080. The van der Waals surface area contributed by atoms with E-state index in [1.165, 1.54) is 53.2 Å². The Morgan fingerprint density at radius 1 is 0.981 bits per heavy atom. The standard InChI is InChI=1S/C39H37ClF4N2O5S/c1-3-52(50,31-7-5-4-6-8-31)46(24-47)36-20-16-28(27-13-17-30(18-14-27)39(42,43)44)22-32(36)37(48)45-35(38(49)51-2)21-25-9-11-26(12-10-25)29-15-19-34(41)33(40)23-29/h3-5,9-20,22-23,31,35,47H,6-8,21,24H2,1-2H3,(H,45,48). The van der Waals surface area contributed by atoms with E-state index in [0.717, 1.165) is 17.7 Å². The Hall–Kier alpha value is -4.65. The predicted octanol–water partition coefficient (Wildman–Crippen LogP) is 8.23. The number of halogens is 5. The Labute approximate surface area is 305 Å². The zero-order valence-electron chi connectivity index (χ0n) is 28.3. The number of esters is 1. The smallest absolute Gasteiger partial charge is 0.416 e. The number of rotatable bonds is 11. The molecule has 0 fully saturated rings. The lowest BCUT2D eigenvalue weighted by Crippen LogP contribution is -2.45. The molecule has 4 aromatic rings. The van der Waals surface area contributed by atoms with Gasteiger partial charge in [0.1, 0.15) is 18.6 Å². The van der Waals surface area contributed by atoms with Gasteiger partial charge in [-0.3, -0.25) is 9.10 Å². The maximum Gasteiger partial charge on any atom is 0.416 e. The van der Waals surface area contributed by atoms with Gasteiger partial charge in [0.2, 0.25) is 0 Å². The molecule has 2 N–H and O–H groups in total. The Balaban J connectivity index is 1.52.